The first-order valence-electron chi connectivity index (χ1n) is 17.0. The Kier molecular flexibility index (Phi) is 22.8. The van der Waals surface area contributed by atoms with Crippen molar-refractivity contribution in [3.8, 4) is 0 Å². The monoisotopic (exact) mass is 670 g/mol. The Morgan fingerprint density at radius 3 is 0.725 bits per heavy atom. The van der Waals surface area contributed by atoms with Gasteiger partial charge in [-0.25, -0.2) is 0 Å². The molecule has 0 bridgehead atoms. The van der Waals surface area contributed by atoms with Crippen molar-refractivity contribution < 1.29 is 17.7 Å². The second-order valence-electron chi connectivity index (χ2n) is 11.1. The van der Waals surface area contributed by atoms with Gasteiger partial charge in [-0.05, 0) is 99.2 Å². The van der Waals surface area contributed by atoms with Gasteiger partial charge in [0.2, 0.25) is 0 Å². The van der Waals surface area contributed by atoms with Crippen molar-refractivity contribution in [2.45, 2.75) is 155 Å². The molecule has 0 aromatic carbocycles. The van der Waals surface area contributed by atoms with Crippen molar-refractivity contribution in [1.82, 2.24) is 0 Å². The topological polar surface area (TPSA) is 36.9 Å². The number of rotatable bonds is 27. The van der Waals surface area contributed by atoms with E-state index >= 15 is 0 Å². The number of hydrogen-bond acceptors (Lipinski definition) is 6. The van der Waals surface area contributed by atoms with Gasteiger partial charge in [0.05, 0.1) is 0 Å². The largest absolute Gasteiger partial charge is 0.417 e. The first-order valence-corrected chi connectivity index (χ1v) is 29.1. The molecule has 0 unspecified atom stereocenters. The second kappa shape index (κ2) is 22.0. The average molecular weight is 671 g/mol. The van der Waals surface area contributed by atoms with Crippen LogP contribution in [0.5, 0.6) is 0 Å². The molecule has 0 heterocycles. The first-order chi connectivity index (χ1) is 19.2. The molecule has 10 heteroatoms. The van der Waals surface area contributed by atoms with E-state index in [1.807, 2.05) is 0 Å². The van der Waals surface area contributed by atoms with Crippen LogP contribution < -0.4 is 0 Å². The molecule has 0 aliphatic rings. The van der Waals surface area contributed by atoms with Crippen LogP contribution in [0.2, 0.25) is 58.7 Å². The normalized spacial score (nSPS) is 13.7. The minimum atomic E-state index is -1.87. The molecule has 242 valence electrons. The zero-order valence-electron chi connectivity index (χ0n) is 28.9. The lowest BCUT2D eigenvalue weighted by Crippen LogP contribution is -2.57. The predicted octanol–water partition coefficient (Wildman–Crippen LogP) is 11.1. The summed E-state index contributed by atoms with van der Waals surface area (Å²) in [6.07, 6.45) is 2.51. The van der Waals surface area contributed by atoms with Gasteiger partial charge in [-0.2, -0.15) is 0 Å². The van der Waals surface area contributed by atoms with E-state index in [0.29, 0.717) is 10.3 Å². The van der Waals surface area contributed by atoms with Crippen LogP contribution in [0.25, 0.3) is 0 Å². The third-order valence-corrected chi connectivity index (χ3v) is 38.2. The maximum Gasteiger partial charge on any atom is 0.194 e. The van der Waals surface area contributed by atoms with Crippen molar-refractivity contribution >= 4 is 54.9 Å². The SMILES string of the molecule is CCO[Si](CC)(CC)C(CCSSCCC([Si](CC)(CC)OCC)[Si](CC)(CC)OCC)[Si](CC)(CC)OCC. The average Bonchev–Trinajstić information content (AvgIpc) is 2.99. The van der Waals surface area contributed by atoms with E-state index in [1.54, 1.807) is 0 Å². The van der Waals surface area contributed by atoms with E-state index in [-0.39, 0.29) is 0 Å². The molecular formula is C30H70O4S2Si4. The fourth-order valence-corrected chi connectivity index (χ4v) is 37.8. The summed E-state index contributed by atoms with van der Waals surface area (Å²) < 4.78 is 27.1. The molecule has 0 rings (SSSR count). The Morgan fingerprint density at radius 1 is 0.375 bits per heavy atom. The summed E-state index contributed by atoms with van der Waals surface area (Å²) in [5.74, 6) is 2.41. The van der Waals surface area contributed by atoms with Gasteiger partial charge in [0.25, 0.3) is 0 Å². The van der Waals surface area contributed by atoms with Crippen molar-refractivity contribution in [1.29, 1.82) is 0 Å². The predicted molar refractivity (Wildman–Crippen MR) is 195 cm³/mol. The highest BCUT2D eigenvalue weighted by Gasteiger charge is 2.54. The summed E-state index contributed by atoms with van der Waals surface area (Å²) in [4.78, 5) is 0. The Bertz CT molecular complexity index is 521. The molecule has 0 atom stereocenters. The van der Waals surface area contributed by atoms with E-state index in [9.17, 15) is 0 Å². The van der Waals surface area contributed by atoms with Gasteiger partial charge >= 0.3 is 0 Å². The van der Waals surface area contributed by atoms with E-state index in [2.05, 4.69) is 105 Å². The third-order valence-electron chi connectivity index (χ3n) is 10.1. The maximum atomic E-state index is 6.78. The molecule has 0 saturated heterocycles. The van der Waals surface area contributed by atoms with Crippen LogP contribution >= 0.6 is 21.6 Å². The molecular weight excluding hydrogens is 601 g/mol. The van der Waals surface area contributed by atoms with Crippen LogP contribution in [0.4, 0.5) is 0 Å². The van der Waals surface area contributed by atoms with Crippen LogP contribution in [-0.2, 0) is 17.7 Å². The minimum absolute atomic E-state index is 0.669. The smallest absolute Gasteiger partial charge is 0.194 e. The van der Waals surface area contributed by atoms with E-state index in [0.717, 1.165) is 26.4 Å². The highest BCUT2D eigenvalue weighted by atomic mass is 33.1. The van der Waals surface area contributed by atoms with Crippen LogP contribution in [0, 0.1) is 0 Å². The van der Waals surface area contributed by atoms with Crippen LogP contribution in [0.15, 0.2) is 0 Å². The fraction of sp³-hybridized carbons (Fsp3) is 1.00. The van der Waals surface area contributed by atoms with Crippen molar-refractivity contribution in [3.05, 3.63) is 0 Å². The van der Waals surface area contributed by atoms with Crippen LogP contribution in [0.3, 0.4) is 0 Å². The molecule has 0 aliphatic carbocycles. The molecule has 0 fully saturated rings. The van der Waals surface area contributed by atoms with Crippen molar-refractivity contribution in [2.24, 2.45) is 0 Å². The fourth-order valence-electron chi connectivity index (χ4n) is 7.80. The Morgan fingerprint density at radius 2 is 0.575 bits per heavy atom. The standard InChI is InChI=1S/C30H70O4S2Si4/c1-13-31-37(17-5,18-6)29(38(19-7,20-8)32-14-2)25-27-35-36-28-26-30(39(21-9,22-10)33-15-3)40(23-11,24-12)34-16-4/h29-30H,13-28H2,1-12H3. The highest BCUT2D eigenvalue weighted by Crippen LogP contribution is 2.48. The summed E-state index contributed by atoms with van der Waals surface area (Å²) in [6.45, 7) is 31.3. The Hall–Kier alpha value is 1.41. The summed E-state index contributed by atoms with van der Waals surface area (Å²) in [5.41, 5.74) is 0. The number of hydrogen-bond donors (Lipinski definition) is 0. The lowest BCUT2D eigenvalue weighted by atomic mass is 10.5. The molecule has 0 aromatic heterocycles. The lowest BCUT2D eigenvalue weighted by Gasteiger charge is -2.47. The summed E-state index contributed by atoms with van der Waals surface area (Å²) in [6, 6.07) is 9.66. The minimum Gasteiger partial charge on any atom is -0.417 e. The molecule has 40 heavy (non-hydrogen) atoms. The van der Waals surface area contributed by atoms with Gasteiger partial charge in [0, 0.05) is 37.9 Å². The molecule has 0 aromatic rings. The summed E-state index contributed by atoms with van der Waals surface area (Å²) in [5, 5.41) is 1.34. The molecule has 0 N–H and O–H groups in total. The first kappa shape index (κ1) is 41.4. The molecule has 0 amide bonds. The van der Waals surface area contributed by atoms with Gasteiger partial charge in [-0.15, -0.1) is 0 Å². The zero-order chi connectivity index (χ0) is 30.7. The lowest BCUT2D eigenvalue weighted by molar-refractivity contribution is 0.290. The van der Waals surface area contributed by atoms with Crippen molar-refractivity contribution in [2.75, 3.05) is 37.9 Å². The van der Waals surface area contributed by atoms with E-state index in [1.165, 1.54) is 72.7 Å². The highest BCUT2D eigenvalue weighted by molar-refractivity contribution is 8.76. The van der Waals surface area contributed by atoms with Crippen LogP contribution in [-0.4, -0.2) is 71.2 Å². The maximum absolute atomic E-state index is 6.78. The van der Waals surface area contributed by atoms with Crippen molar-refractivity contribution in [3.63, 3.8) is 0 Å². The second-order valence-corrected chi connectivity index (χ2v) is 33.1. The van der Waals surface area contributed by atoms with Gasteiger partial charge in [0.1, 0.15) is 0 Å². The molecule has 4 nitrogen and oxygen atoms in total. The zero-order valence-corrected chi connectivity index (χ0v) is 34.6. The van der Waals surface area contributed by atoms with Gasteiger partial charge in [-0.1, -0.05) is 77.0 Å². The summed E-state index contributed by atoms with van der Waals surface area (Å²) >= 11 is 0. The van der Waals surface area contributed by atoms with E-state index < -0.39 is 33.3 Å². The third kappa shape index (κ3) is 10.5. The van der Waals surface area contributed by atoms with Gasteiger partial charge in [-0.3, -0.25) is 0 Å². The van der Waals surface area contributed by atoms with E-state index in [4.69, 9.17) is 17.7 Å². The molecule has 0 saturated carbocycles. The van der Waals surface area contributed by atoms with Gasteiger partial charge < -0.3 is 17.7 Å². The quantitative estimate of drug-likeness (QED) is 0.0492. The van der Waals surface area contributed by atoms with Crippen LogP contribution in [0.1, 0.15) is 95.9 Å². The molecule has 0 spiro atoms. The molecule has 0 aliphatic heterocycles. The molecule has 0 radical (unpaired) electrons. The van der Waals surface area contributed by atoms with Gasteiger partial charge in [0.15, 0.2) is 33.3 Å². The Labute approximate surface area is 263 Å². The Balaban J connectivity index is 5.80. The summed E-state index contributed by atoms with van der Waals surface area (Å²) in [7, 11) is -3.26.